The predicted octanol–water partition coefficient (Wildman–Crippen LogP) is 3.99. The van der Waals surface area contributed by atoms with E-state index in [0.29, 0.717) is 18.5 Å². The van der Waals surface area contributed by atoms with Crippen LogP contribution in [0.1, 0.15) is 11.1 Å². The molecule has 0 aliphatic heterocycles. The highest BCUT2D eigenvalue weighted by atomic mass is 127. The lowest BCUT2D eigenvalue weighted by molar-refractivity contribution is -0.274. The normalized spacial score (nSPS) is 11.6. The van der Waals surface area contributed by atoms with Gasteiger partial charge in [0.05, 0.1) is 6.54 Å². The molecule has 0 saturated carbocycles. The van der Waals surface area contributed by atoms with Crippen molar-refractivity contribution in [3.05, 3.63) is 65.5 Å². The lowest BCUT2D eigenvalue weighted by Crippen LogP contribution is -2.33. The molecule has 0 aromatic heterocycles. The SMILES string of the molecule is I.NC(=NCc1ccc(OC(F)(F)F)cc1)NCCc1ccc(F)cc1. The number of rotatable bonds is 6. The third-order valence-corrected chi connectivity index (χ3v) is 3.22. The van der Waals surface area contributed by atoms with Gasteiger partial charge in [0.15, 0.2) is 5.96 Å². The van der Waals surface area contributed by atoms with Gasteiger partial charge in [-0.1, -0.05) is 24.3 Å². The number of hydrogen-bond acceptors (Lipinski definition) is 2. The van der Waals surface area contributed by atoms with E-state index in [1.807, 2.05) is 0 Å². The van der Waals surface area contributed by atoms with Crippen LogP contribution in [-0.2, 0) is 13.0 Å². The summed E-state index contributed by atoms with van der Waals surface area (Å²) in [6, 6.07) is 11.6. The summed E-state index contributed by atoms with van der Waals surface area (Å²) in [5, 5.41) is 2.92. The van der Waals surface area contributed by atoms with Crippen molar-refractivity contribution in [1.82, 2.24) is 5.32 Å². The number of nitrogens with two attached hydrogens (primary N) is 1. The molecule has 0 heterocycles. The van der Waals surface area contributed by atoms with Crippen LogP contribution in [0.15, 0.2) is 53.5 Å². The maximum atomic E-state index is 12.8. The molecule has 0 radical (unpaired) electrons. The van der Waals surface area contributed by atoms with E-state index < -0.39 is 6.36 Å². The Bertz CT molecular complexity index is 703. The third kappa shape index (κ3) is 8.37. The predicted molar refractivity (Wildman–Crippen MR) is 102 cm³/mol. The van der Waals surface area contributed by atoms with Crippen molar-refractivity contribution in [2.24, 2.45) is 10.7 Å². The summed E-state index contributed by atoms with van der Waals surface area (Å²) in [5.41, 5.74) is 7.38. The van der Waals surface area contributed by atoms with Gasteiger partial charge in [-0.3, -0.25) is 0 Å². The standard InChI is InChI=1S/C17H17F4N3O.HI/c18-14-5-1-12(2-6-14)9-10-23-16(22)24-11-13-3-7-15(8-4-13)25-17(19,20)21;/h1-8H,9-11H2,(H3,22,23,24);1H. The van der Waals surface area contributed by atoms with Gasteiger partial charge in [-0.25, -0.2) is 9.38 Å². The van der Waals surface area contributed by atoms with Crippen LogP contribution in [0, 0.1) is 5.82 Å². The van der Waals surface area contributed by atoms with E-state index in [-0.39, 0.29) is 48.0 Å². The molecule has 26 heavy (non-hydrogen) atoms. The largest absolute Gasteiger partial charge is 0.573 e. The number of nitrogens with one attached hydrogen (secondary N) is 1. The molecule has 0 aliphatic carbocycles. The van der Waals surface area contributed by atoms with E-state index in [0.717, 1.165) is 5.56 Å². The summed E-state index contributed by atoms with van der Waals surface area (Å²) in [6.45, 7) is 0.751. The Kier molecular flexibility index (Phi) is 8.62. The Morgan fingerprint density at radius 2 is 1.58 bits per heavy atom. The third-order valence-electron chi connectivity index (χ3n) is 3.22. The molecule has 0 spiro atoms. The number of nitrogens with zero attached hydrogens (tertiary/aromatic N) is 1. The molecule has 0 unspecified atom stereocenters. The smallest absolute Gasteiger partial charge is 0.406 e. The number of guanidine groups is 1. The van der Waals surface area contributed by atoms with Crippen LogP contribution in [-0.4, -0.2) is 18.9 Å². The molecule has 0 fully saturated rings. The van der Waals surface area contributed by atoms with Gasteiger partial charge in [-0.2, -0.15) is 0 Å². The molecule has 0 bridgehead atoms. The van der Waals surface area contributed by atoms with Crippen molar-refractivity contribution in [3.63, 3.8) is 0 Å². The van der Waals surface area contributed by atoms with E-state index in [4.69, 9.17) is 5.73 Å². The second-order valence-electron chi connectivity index (χ2n) is 5.20. The highest BCUT2D eigenvalue weighted by Gasteiger charge is 2.30. The molecule has 9 heteroatoms. The molecule has 142 valence electrons. The highest BCUT2D eigenvalue weighted by molar-refractivity contribution is 14.0. The van der Waals surface area contributed by atoms with Crippen LogP contribution < -0.4 is 15.8 Å². The van der Waals surface area contributed by atoms with E-state index in [9.17, 15) is 17.6 Å². The van der Waals surface area contributed by atoms with Gasteiger partial charge in [0, 0.05) is 6.54 Å². The van der Waals surface area contributed by atoms with Crippen LogP contribution in [0.5, 0.6) is 5.75 Å². The van der Waals surface area contributed by atoms with E-state index in [1.165, 1.54) is 36.4 Å². The second kappa shape index (κ2) is 10.2. The quantitative estimate of drug-likeness (QED) is 0.283. The Labute approximate surface area is 165 Å². The summed E-state index contributed by atoms with van der Waals surface area (Å²) >= 11 is 0. The number of alkyl halides is 3. The molecule has 0 atom stereocenters. The summed E-state index contributed by atoms with van der Waals surface area (Å²) in [5.74, 6) is -0.354. The van der Waals surface area contributed by atoms with E-state index in [1.54, 1.807) is 12.1 Å². The Morgan fingerprint density at radius 3 is 2.15 bits per heavy atom. The lowest BCUT2D eigenvalue weighted by atomic mass is 10.1. The van der Waals surface area contributed by atoms with Crippen LogP contribution in [0.25, 0.3) is 0 Å². The Balaban J connectivity index is 0.00000338. The van der Waals surface area contributed by atoms with Crippen LogP contribution in [0.4, 0.5) is 17.6 Å². The Morgan fingerprint density at radius 1 is 1.00 bits per heavy atom. The van der Waals surface area contributed by atoms with Crippen molar-refractivity contribution in [2.45, 2.75) is 19.3 Å². The van der Waals surface area contributed by atoms with Gasteiger partial charge < -0.3 is 15.8 Å². The monoisotopic (exact) mass is 483 g/mol. The highest BCUT2D eigenvalue weighted by Crippen LogP contribution is 2.22. The summed E-state index contributed by atoms with van der Waals surface area (Å²) in [7, 11) is 0. The minimum absolute atomic E-state index is 0. The fourth-order valence-corrected chi connectivity index (χ4v) is 2.01. The molecule has 0 aliphatic rings. The fourth-order valence-electron chi connectivity index (χ4n) is 2.01. The summed E-state index contributed by atoms with van der Waals surface area (Å²) in [4.78, 5) is 4.10. The zero-order valence-electron chi connectivity index (χ0n) is 13.6. The van der Waals surface area contributed by atoms with Gasteiger partial charge >= 0.3 is 6.36 Å². The molecule has 0 saturated heterocycles. The molecular formula is C17H18F4IN3O. The first kappa shape index (κ1) is 22.0. The lowest BCUT2D eigenvalue weighted by Gasteiger charge is -2.09. The maximum Gasteiger partial charge on any atom is 0.573 e. The van der Waals surface area contributed by atoms with Crippen LogP contribution >= 0.6 is 24.0 Å². The minimum atomic E-state index is -4.71. The fraction of sp³-hybridized carbons (Fsp3) is 0.235. The molecule has 4 nitrogen and oxygen atoms in total. The van der Waals surface area contributed by atoms with Crippen molar-refractivity contribution in [3.8, 4) is 5.75 Å². The van der Waals surface area contributed by atoms with Crippen molar-refractivity contribution < 1.29 is 22.3 Å². The van der Waals surface area contributed by atoms with Gasteiger partial charge in [0.2, 0.25) is 0 Å². The Hall–Kier alpha value is -2.04. The van der Waals surface area contributed by atoms with Gasteiger partial charge in [0.25, 0.3) is 0 Å². The number of hydrogen-bond donors (Lipinski definition) is 2. The molecular weight excluding hydrogens is 465 g/mol. The number of aliphatic imine (C=N–C) groups is 1. The van der Waals surface area contributed by atoms with E-state index >= 15 is 0 Å². The topological polar surface area (TPSA) is 59.6 Å². The van der Waals surface area contributed by atoms with Gasteiger partial charge in [0.1, 0.15) is 11.6 Å². The first-order valence-electron chi connectivity index (χ1n) is 7.45. The molecule has 0 amide bonds. The summed E-state index contributed by atoms with van der Waals surface area (Å²) in [6.07, 6.45) is -4.06. The molecule has 3 N–H and O–H groups in total. The average molecular weight is 483 g/mol. The second-order valence-corrected chi connectivity index (χ2v) is 5.20. The zero-order chi connectivity index (χ0) is 18.3. The van der Waals surface area contributed by atoms with Crippen molar-refractivity contribution in [2.75, 3.05) is 6.54 Å². The van der Waals surface area contributed by atoms with Crippen molar-refractivity contribution in [1.29, 1.82) is 0 Å². The average Bonchev–Trinajstić information content (AvgIpc) is 2.55. The maximum absolute atomic E-state index is 12.8. The first-order chi connectivity index (χ1) is 11.8. The number of halogens is 5. The molecule has 2 aromatic rings. The molecule has 2 rings (SSSR count). The van der Waals surface area contributed by atoms with Crippen molar-refractivity contribution >= 4 is 29.9 Å². The summed E-state index contributed by atoms with van der Waals surface area (Å²) < 4.78 is 52.8. The molecule has 2 aromatic carbocycles. The minimum Gasteiger partial charge on any atom is -0.406 e. The van der Waals surface area contributed by atoms with Gasteiger partial charge in [-0.05, 0) is 41.8 Å². The van der Waals surface area contributed by atoms with Crippen LogP contribution in [0.2, 0.25) is 0 Å². The van der Waals surface area contributed by atoms with E-state index in [2.05, 4.69) is 15.0 Å². The van der Waals surface area contributed by atoms with Crippen LogP contribution in [0.3, 0.4) is 0 Å². The zero-order valence-corrected chi connectivity index (χ0v) is 15.9. The first-order valence-corrected chi connectivity index (χ1v) is 7.45. The van der Waals surface area contributed by atoms with Gasteiger partial charge in [-0.15, -0.1) is 37.1 Å². The number of benzene rings is 2. The number of ether oxygens (including phenoxy) is 1.